The van der Waals surface area contributed by atoms with Crippen LogP contribution in [-0.4, -0.2) is 91.2 Å². The first kappa shape index (κ1) is 37.6. The molecule has 4 N–H and O–H groups in total. The zero-order chi connectivity index (χ0) is 38.1. The zero-order valence-electron chi connectivity index (χ0n) is 30.8. The number of benzene rings is 1. The topological polar surface area (TPSA) is 162 Å². The second-order valence-corrected chi connectivity index (χ2v) is 16.8. The number of fused-ring (bicyclic) bond motifs is 4. The Labute approximate surface area is 327 Å². The van der Waals surface area contributed by atoms with Crippen molar-refractivity contribution in [1.82, 2.24) is 25.2 Å². The molecule has 3 aromatic heterocycles. The molecule has 0 bridgehead atoms. The maximum absolute atomic E-state index is 13.4. The molecule has 1 fully saturated rings. The quantitative estimate of drug-likeness (QED) is 0.126. The molecular formula is C41H46N6O6S2. The van der Waals surface area contributed by atoms with E-state index in [4.69, 9.17) is 4.74 Å². The van der Waals surface area contributed by atoms with Gasteiger partial charge in [0.05, 0.1) is 27.1 Å². The number of dihydropyridines is 1. The van der Waals surface area contributed by atoms with Gasteiger partial charge in [-0.05, 0) is 122 Å². The number of amides is 1. The molecule has 4 aromatic rings. The summed E-state index contributed by atoms with van der Waals surface area (Å²) in [4.78, 5) is 32.7. The van der Waals surface area contributed by atoms with E-state index < -0.39 is 29.5 Å². The van der Waals surface area contributed by atoms with E-state index in [0.29, 0.717) is 34.5 Å². The molecule has 55 heavy (non-hydrogen) atoms. The summed E-state index contributed by atoms with van der Waals surface area (Å²) < 4.78 is 8.04. The minimum absolute atomic E-state index is 0.0502. The standard InChI is InChI=1S/C41H46N6O6S2/c1-46(26-10-12-27(13-11-26)53-40(51)41(52,35-8-3-20-54-35)36-9-4-21-55-36)18-5-19-47-39-31-7-2-6-28(31)25(22-32(39)44-45-47)23-42-24-34(49)29-14-16-33(48)38-30(29)15-17-37(50)43-38/h3-4,8-9,14-17,20-22,26-27,30,34,42,48-49,52H,2,5-7,10-13,18-19,23-24H2,1H3/t26?,27?,30?,34-/m0/s1. The predicted molar refractivity (Wildman–Crippen MR) is 212 cm³/mol. The highest BCUT2D eigenvalue weighted by molar-refractivity contribution is 7.12. The van der Waals surface area contributed by atoms with E-state index in [1.165, 1.54) is 51.5 Å². The average molecular weight is 783 g/mol. The van der Waals surface area contributed by atoms with Gasteiger partial charge in [-0.1, -0.05) is 29.5 Å². The number of aliphatic hydroxyl groups excluding tert-OH is 2. The number of aryl methyl sites for hydroxylation is 2. The molecule has 1 aliphatic heterocycles. The fourth-order valence-electron chi connectivity index (χ4n) is 8.57. The number of esters is 1. The summed E-state index contributed by atoms with van der Waals surface area (Å²) in [5, 5.41) is 49.2. The van der Waals surface area contributed by atoms with Crippen molar-refractivity contribution >= 4 is 51.3 Å². The SMILES string of the molecule is CN(CCCn1nnc2cc(CNC[C@H](O)C3=CC=C(O)C4=NC(=O)C=CC34)c3c(c21)CCC3)C1CCC(OC(=O)C(O)(c2cccs2)c2cccs2)CC1. The van der Waals surface area contributed by atoms with E-state index >= 15 is 0 Å². The molecular weight excluding hydrogens is 737 g/mol. The lowest BCUT2D eigenvalue weighted by molar-refractivity contribution is -0.169. The van der Waals surface area contributed by atoms with Crippen molar-refractivity contribution in [2.24, 2.45) is 10.9 Å². The number of thiophene rings is 2. The van der Waals surface area contributed by atoms with E-state index in [-0.39, 0.29) is 17.6 Å². The number of aromatic nitrogens is 3. The van der Waals surface area contributed by atoms with Crippen molar-refractivity contribution in [3.8, 4) is 0 Å². The first-order valence-electron chi connectivity index (χ1n) is 19.1. The number of allylic oxidation sites excluding steroid dienone is 4. The third-order valence-electron chi connectivity index (χ3n) is 11.5. The van der Waals surface area contributed by atoms with Gasteiger partial charge in [0, 0.05) is 37.7 Å². The van der Waals surface area contributed by atoms with Crippen molar-refractivity contribution in [2.75, 3.05) is 20.1 Å². The van der Waals surface area contributed by atoms with Gasteiger partial charge in [0.2, 0.25) is 5.60 Å². The lowest BCUT2D eigenvalue weighted by atomic mass is 9.83. The number of nitrogens with one attached hydrogen (secondary N) is 1. The van der Waals surface area contributed by atoms with Crippen molar-refractivity contribution in [2.45, 2.75) is 88.3 Å². The van der Waals surface area contributed by atoms with Gasteiger partial charge in [-0.2, -0.15) is 0 Å². The smallest absolute Gasteiger partial charge is 0.349 e. The number of nitrogens with zero attached hydrogens (tertiary/aromatic N) is 5. The molecule has 12 nitrogen and oxygen atoms in total. The summed E-state index contributed by atoms with van der Waals surface area (Å²) in [6.45, 7) is 2.55. The van der Waals surface area contributed by atoms with Gasteiger partial charge in [-0.25, -0.2) is 14.5 Å². The maximum Gasteiger partial charge on any atom is 0.349 e. The van der Waals surface area contributed by atoms with E-state index in [0.717, 1.165) is 75.5 Å². The summed E-state index contributed by atoms with van der Waals surface area (Å²) in [5.74, 6) is -1.49. The van der Waals surface area contributed by atoms with E-state index in [1.807, 2.05) is 22.9 Å². The van der Waals surface area contributed by atoms with Crippen molar-refractivity contribution < 1.29 is 29.6 Å². The van der Waals surface area contributed by atoms with Crippen LogP contribution in [0.3, 0.4) is 0 Å². The average Bonchev–Trinajstić information content (AvgIpc) is 4.03. The van der Waals surface area contributed by atoms with Gasteiger partial charge in [-0.3, -0.25) is 4.79 Å². The summed E-state index contributed by atoms with van der Waals surface area (Å²) in [7, 11) is 2.17. The van der Waals surface area contributed by atoms with Gasteiger partial charge < -0.3 is 30.3 Å². The van der Waals surface area contributed by atoms with Crippen LogP contribution >= 0.6 is 22.7 Å². The van der Waals surface area contributed by atoms with Crippen LogP contribution in [0.25, 0.3) is 11.0 Å². The monoisotopic (exact) mass is 782 g/mol. The number of ether oxygens (including phenoxy) is 1. The molecule has 4 aliphatic rings. The number of aliphatic imine (C=N–C) groups is 1. The van der Waals surface area contributed by atoms with Gasteiger partial charge in [0.1, 0.15) is 17.4 Å². The van der Waals surface area contributed by atoms with Gasteiger partial charge >= 0.3 is 5.97 Å². The fraction of sp³-hybridized carbons (Fsp3) is 0.439. The third-order valence-corrected chi connectivity index (χ3v) is 13.4. The van der Waals surface area contributed by atoms with E-state index in [1.54, 1.807) is 24.3 Å². The van der Waals surface area contributed by atoms with Crippen LogP contribution in [0.1, 0.15) is 65.0 Å². The minimum atomic E-state index is -1.78. The Morgan fingerprint density at radius 1 is 1.11 bits per heavy atom. The molecule has 288 valence electrons. The Morgan fingerprint density at radius 2 is 1.85 bits per heavy atom. The molecule has 1 aromatic carbocycles. The Balaban J connectivity index is 0.832. The van der Waals surface area contributed by atoms with Gasteiger partial charge in [-0.15, -0.1) is 27.8 Å². The largest absolute Gasteiger partial charge is 0.506 e. The summed E-state index contributed by atoms with van der Waals surface area (Å²) in [6.07, 6.45) is 12.6. The maximum atomic E-state index is 13.4. The molecule has 1 saturated carbocycles. The van der Waals surface area contributed by atoms with Crippen LogP contribution in [-0.2, 0) is 45.9 Å². The van der Waals surface area contributed by atoms with E-state index in [9.17, 15) is 24.9 Å². The molecule has 0 radical (unpaired) electrons. The van der Waals surface area contributed by atoms with Crippen LogP contribution in [0, 0.1) is 5.92 Å². The van der Waals surface area contributed by atoms with Gasteiger partial charge in [0.15, 0.2) is 0 Å². The lowest BCUT2D eigenvalue weighted by Gasteiger charge is -2.35. The Hall–Kier alpha value is -4.31. The van der Waals surface area contributed by atoms with Gasteiger partial charge in [0.25, 0.3) is 5.91 Å². The summed E-state index contributed by atoms with van der Waals surface area (Å²) in [5.41, 5.74) is 5.02. The molecule has 14 heteroatoms. The van der Waals surface area contributed by atoms with Crippen molar-refractivity contribution in [3.05, 3.63) is 103 Å². The Bertz CT molecular complexity index is 2130. The van der Waals surface area contributed by atoms with Crippen LogP contribution in [0.5, 0.6) is 0 Å². The predicted octanol–water partition coefficient (Wildman–Crippen LogP) is 5.14. The number of aliphatic hydroxyl groups is 3. The van der Waals surface area contributed by atoms with Crippen LogP contribution in [0.15, 0.2) is 81.7 Å². The lowest BCUT2D eigenvalue weighted by Crippen LogP contribution is -2.42. The Kier molecular flexibility index (Phi) is 11.0. The number of carbonyl (C=O) groups is 2. The first-order valence-corrected chi connectivity index (χ1v) is 20.9. The molecule has 1 unspecified atom stereocenters. The number of rotatable bonds is 14. The van der Waals surface area contributed by atoms with Crippen LogP contribution in [0.4, 0.5) is 0 Å². The molecule has 4 heterocycles. The summed E-state index contributed by atoms with van der Waals surface area (Å²) >= 11 is 2.71. The number of carbonyl (C=O) groups excluding carboxylic acids is 2. The molecule has 2 atom stereocenters. The number of hydrogen-bond donors (Lipinski definition) is 4. The molecule has 1 amide bonds. The van der Waals surface area contributed by atoms with Crippen molar-refractivity contribution in [3.63, 3.8) is 0 Å². The first-order chi connectivity index (χ1) is 26.7. The van der Waals surface area contributed by atoms with Crippen LogP contribution in [0.2, 0.25) is 0 Å². The molecule has 0 saturated heterocycles. The van der Waals surface area contributed by atoms with Crippen LogP contribution < -0.4 is 5.32 Å². The zero-order valence-corrected chi connectivity index (χ0v) is 32.4. The normalized spacial score (nSPS) is 21.6. The minimum Gasteiger partial charge on any atom is -0.506 e. The highest BCUT2D eigenvalue weighted by Gasteiger charge is 2.45. The fourth-order valence-corrected chi connectivity index (χ4v) is 10.3. The number of hydrogen-bond acceptors (Lipinski definition) is 12. The Morgan fingerprint density at radius 3 is 2.58 bits per heavy atom. The second kappa shape index (κ2) is 16.0. The molecule has 3 aliphatic carbocycles. The van der Waals surface area contributed by atoms with Crippen molar-refractivity contribution in [1.29, 1.82) is 0 Å². The third kappa shape index (κ3) is 7.51. The highest BCUT2D eigenvalue weighted by atomic mass is 32.1. The van der Waals surface area contributed by atoms with E-state index in [2.05, 4.69) is 43.3 Å². The summed E-state index contributed by atoms with van der Waals surface area (Å²) in [6, 6.07) is 9.77. The highest BCUT2D eigenvalue weighted by Crippen LogP contribution is 2.38. The molecule has 8 rings (SSSR count). The molecule has 0 spiro atoms. The second-order valence-electron chi connectivity index (χ2n) is 14.9.